The Hall–Kier alpha value is -9.57. The molecule has 1 saturated heterocycles. The fourth-order valence-corrected chi connectivity index (χ4v) is 11.6. The van der Waals surface area contributed by atoms with Crippen LogP contribution in [0.15, 0.2) is 48.2 Å². The third kappa shape index (κ3) is 25.6. The topological polar surface area (TPSA) is 528 Å². The highest BCUT2D eigenvalue weighted by atomic mass is 32.1. The highest BCUT2D eigenvalue weighted by molar-refractivity contribution is 7.12. The van der Waals surface area contributed by atoms with E-state index in [0.29, 0.717) is 16.9 Å². The zero-order valence-corrected chi connectivity index (χ0v) is 58.5. The number of H-pyrrole nitrogens is 1. The Kier molecular flexibility index (Phi) is 34.1. The van der Waals surface area contributed by atoms with Crippen molar-refractivity contribution in [3.8, 4) is 0 Å². The second-order valence-electron chi connectivity index (χ2n) is 25.4. The summed E-state index contributed by atoms with van der Waals surface area (Å²) in [6.07, 6.45) is -1.59. The lowest BCUT2D eigenvalue weighted by atomic mass is 9.95. The van der Waals surface area contributed by atoms with E-state index in [1.165, 1.54) is 24.8 Å². The third-order valence-electron chi connectivity index (χ3n) is 17.1. The van der Waals surface area contributed by atoms with E-state index in [9.17, 15) is 63.0 Å². The van der Waals surface area contributed by atoms with Crippen LogP contribution in [0, 0.1) is 23.7 Å². The molecule has 3 heterocycles. The van der Waals surface area contributed by atoms with Crippen LogP contribution in [0.5, 0.6) is 0 Å². The van der Waals surface area contributed by atoms with Gasteiger partial charge in [-0.3, -0.25) is 76.8 Å². The fourth-order valence-electron chi connectivity index (χ4n) is 10.7. The van der Waals surface area contributed by atoms with Crippen LogP contribution in [-0.2, 0) is 75.2 Å². The number of rotatable bonds is 36. The van der Waals surface area contributed by atoms with Crippen LogP contribution in [0.1, 0.15) is 170 Å². The molecule has 13 unspecified atom stereocenters. The highest BCUT2D eigenvalue weighted by Gasteiger charge is 2.45. The number of aromatic nitrogens is 3. The number of imidazole rings is 1. The van der Waals surface area contributed by atoms with Crippen molar-refractivity contribution in [1.29, 1.82) is 0 Å². The van der Waals surface area contributed by atoms with Gasteiger partial charge in [0.25, 0.3) is 17.7 Å². The molecule has 1 aliphatic heterocycles. The number of nitrogens with zero attached hydrogens (tertiary/aromatic N) is 3. The van der Waals surface area contributed by atoms with Gasteiger partial charge in [0, 0.05) is 42.5 Å². The summed E-state index contributed by atoms with van der Waals surface area (Å²) in [6, 6.07) is -9.47. The lowest BCUT2D eigenvalue weighted by Crippen LogP contribution is -2.66. The second-order valence-corrected chi connectivity index (χ2v) is 26.3. The predicted molar refractivity (Wildman–Crippen MR) is 363 cm³/mol. The maximum atomic E-state index is 16.0. The molecule has 4 rings (SSSR count). The van der Waals surface area contributed by atoms with Crippen molar-refractivity contribution in [2.45, 2.75) is 212 Å². The molecule has 18 N–H and O–H groups in total. The fraction of sp³-hybridized carbons (Fsp3) is 0.591. The Bertz CT molecular complexity index is 3330. The molecular formula is C66H98N16O17S. The Morgan fingerprint density at radius 2 is 1.25 bits per heavy atom. The number of carbonyl (C=O) groups excluding carboxylic acids is 13. The molecule has 0 aliphatic carbocycles. The number of carbonyl (C=O) groups is 15. The smallest absolute Gasteiger partial charge is 0.305 e. The molecule has 33 nitrogen and oxygen atoms in total. The number of hydrogen-bond donors (Lipinski definition) is 15. The average Bonchev–Trinajstić information content (AvgIpc) is 1.01. The summed E-state index contributed by atoms with van der Waals surface area (Å²) in [5.74, 6) is -19.5. The van der Waals surface area contributed by atoms with Gasteiger partial charge in [-0.05, 0) is 87.8 Å². The van der Waals surface area contributed by atoms with Crippen LogP contribution in [0.3, 0.4) is 0 Å². The van der Waals surface area contributed by atoms with Crippen LogP contribution in [0.4, 0.5) is 0 Å². The van der Waals surface area contributed by atoms with Crippen LogP contribution >= 0.6 is 11.3 Å². The summed E-state index contributed by atoms with van der Waals surface area (Å²) in [4.78, 5) is 225. The first-order chi connectivity index (χ1) is 47.4. The van der Waals surface area contributed by atoms with Crippen molar-refractivity contribution in [2.75, 3.05) is 13.1 Å². The number of nitrogens with one attached hydrogen (secondary N) is 10. The van der Waals surface area contributed by atoms with Crippen LogP contribution in [0.25, 0.3) is 0 Å². The van der Waals surface area contributed by atoms with Gasteiger partial charge in [0.05, 0.1) is 19.2 Å². The molecule has 3 aromatic rings. The molecule has 550 valence electrons. The van der Waals surface area contributed by atoms with E-state index in [4.69, 9.17) is 17.2 Å². The number of unbranched alkanes of at least 4 members (excludes halogenated alkanes) is 1. The van der Waals surface area contributed by atoms with E-state index in [1.54, 1.807) is 71.9 Å². The van der Waals surface area contributed by atoms with Gasteiger partial charge in [-0.15, -0.1) is 11.3 Å². The van der Waals surface area contributed by atoms with Crippen molar-refractivity contribution in [3.05, 3.63) is 70.2 Å². The first kappa shape index (κ1) is 82.9. The van der Waals surface area contributed by atoms with E-state index in [-0.39, 0.29) is 105 Å². The maximum absolute atomic E-state index is 16.0. The number of amides is 12. The van der Waals surface area contributed by atoms with Crippen molar-refractivity contribution >= 4 is 99.9 Å². The molecule has 12 amide bonds. The van der Waals surface area contributed by atoms with Crippen molar-refractivity contribution in [1.82, 2.24) is 67.7 Å². The molecule has 13 atom stereocenters. The number of hydrogen-bond acceptors (Lipinski definition) is 20. The molecule has 2 aromatic heterocycles. The number of Topliss-reactive ketones (excluding diaryl/α,β-unsaturated/α-hetero) is 1. The summed E-state index contributed by atoms with van der Waals surface area (Å²) in [5, 5.41) is 44.2. The number of primary amides is 1. The average molecular weight is 1420 g/mol. The largest absolute Gasteiger partial charge is 0.481 e. The molecule has 1 aromatic carbocycles. The standard InChI is InChI=1S/C66H98N16O17S/c1-9-35(6)52(80-55(89)40(22-23-50(84)85)72-56(90)42(26-34(4)5)74-60(94)47-32-100-64(79-47)54(88)37(8)11-3)62(96)73-41(20-15-16-24-67)65(98)82-48(21-17-25-68)61(95)81-53(36(7)10-2)63(97)77-43(27-38-18-13-12-14-19-38)57(91)75-44(28-39-31-70-33-71-39)58(92)76-45(30-51(86)87)59(93)78-46(66(82)99)29-49(69)83/h12-14,18-19,31-37,40-46,48,52-53H,9-11,15-17,20-30,67-68H2,1-8H3,(H2,69,83)(H,70,71)(H,72,90)(H,73,96)(H,74,94)(H,75,91)(H,76,92)(H,77,97)(H,78,93)(H,80,89)(H,81,95)(H,84,85)(H,86,87). The Morgan fingerprint density at radius 3 is 1.83 bits per heavy atom. The molecule has 0 bridgehead atoms. The Balaban J connectivity index is 1.91. The van der Waals surface area contributed by atoms with Crippen molar-refractivity contribution in [3.63, 3.8) is 0 Å². The number of carboxylic acids is 2. The second kappa shape index (κ2) is 41.1. The number of carboxylic acid groups (broad SMARTS) is 2. The Labute approximate surface area is 583 Å². The lowest BCUT2D eigenvalue weighted by molar-refractivity contribution is -0.157. The van der Waals surface area contributed by atoms with Gasteiger partial charge in [0.15, 0.2) is 10.8 Å². The van der Waals surface area contributed by atoms with Gasteiger partial charge in [-0.1, -0.05) is 98.6 Å². The molecule has 0 spiro atoms. The molecule has 1 fully saturated rings. The molecule has 0 saturated carbocycles. The number of nitrogens with two attached hydrogens (primary N) is 3. The van der Waals surface area contributed by atoms with Crippen molar-refractivity contribution < 1.29 is 82.1 Å². The van der Waals surface area contributed by atoms with Gasteiger partial charge >= 0.3 is 11.9 Å². The lowest BCUT2D eigenvalue weighted by Gasteiger charge is -2.37. The third-order valence-corrected chi connectivity index (χ3v) is 18.0. The first-order valence-corrected chi connectivity index (χ1v) is 34.5. The van der Waals surface area contributed by atoms with E-state index >= 15 is 19.2 Å². The predicted octanol–water partition coefficient (Wildman–Crippen LogP) is -0.484. The normalized spacial score (nSPS) is 20.2. The maximum Gasteiger partial charge on any atom is 0.305 e. The zero-order valence-electron chi connectivity index (χ0n) is 57.7. The molecule has 1 aliphatic rings. The number of benzene rings is 1. The molecular weight excluding hydrogens is 1320 g/mol. The SMILES string of the molecule is CCC(C)C(=O)c1nc(C(=O)NC(CC(C)C)C(=O)NC(CCC(=O)O)C(=O)NC(C(=O)NC(CCCCN)C(=O)N2C(=O)C(CC(N)=O)NC(=O)C(CC(=O)O)NC(=O)C(Cc3cnc[nH]3)NC(=O)C(Cc3ccccc3)NC(=O)C(C(C)CC)NC(=O)C2CCCN)C(C)CC)cs1. The number of imide groups is 1. The van der Waals surface area contributed by atoms with E-state index in [2.05, 4.69) is 62.8 Å². The zero-order chi connectivity index (χ0) is 74.5. The van der Waals surface area contributed by atoms with Gasteiger partial charge in [-0.25, -0.2) is 9.97 Å². The van der Waals surface area contributed by atoms with Gasteiger partial charge in [0.1, 0.15) is 66.1 Å². The first-order valence-electron chi connectivity index (χ1n) is 33.6. The highest BCUT2D eigenvalue weighted by Crippen LogP contribution is 2.22. The van der Waals surface area contributed by atoms with Gasteiger partial charge in [0.2, 0.25) is 53.2 Å². The summed E-state index contributed by atoms with van der Waals surface area (Å²) in [6.45, 7) is 13.3. The summed E-state index contributed by atoms with van der Waals surface area (Å²) in [7, 11) is 0. The van der Waals surface area contributed by atoms with Gasteiger partial charge in [-0.2, -0.15) is 0 Å². The monoisotopic (exact) mass is 1420 g/mol. The molecule has 0 radical (unpaired) electrons. The number of thiazole rings is 1. The van der Waals surface area contributed by atoms with Crippen LogP contribution in [0.2, 0.25) is 0 Å². The van der Waals surface area contributed by atoms with E-state index in [0.717, 1.165) is 11.3 Å². The number of ketones is 1. The summed E-state index contributed by atoms with van der Waals surface area (Å²) >= 11 is 0.945. The van der Waals surface area contributed by atoms with Crippen LogP contribution < -0.4 is 65.1 Å². The number of aliphatic carboxylic acids is 2. The van der Waals surface area contributed by atoms with Crippen molar-refractivity contribution in [2.24, 2.45) is 40.9 Å². The molecule has 34 heteroatoms. The van der Waals surface area contributed by atoms with E-state index in [1.807, 2.05) is 6.92 Å². The minimum Gasteiger partial charge on any atom is -0.481 e. The quantitative estimate of drug-likeness (QED) is 0.0258. The minimum absolute atomic E-state index is 0.00381. The molecule has 100 heavy (non-hydrogen) atoms. The number of aromatic amines is 1. The minimum atomic E-state index is -2.29. The summed E-state index contributed by atoms with van der Waals surface area (Å²) < 4.78 is 0. The van der Waals surface area contributed by atoms with Gasteiger partial charge < -0.3 is 80.2 Å². The van der Waals surface area contributed by atoms with E-state index < -0.39 is 187 Å². The Morgan fingerprint density at radius 1 is 0.640 bits per heavy atom. The summed E-state index contributed by atoms with van der Waals surface area (Å²) in [5.41, 5.74) is 18.3. The van der Waals surface area contributed by atoms with Crippen LogP contribution in [-0.4, -0.2) is 192 Å².